The molecule has 0 aliphatic heterocycles. The van der Waals surface area contributed by atoms with Crippen molar-refractivity contribution >= 4 is 81.3 Å². The molecule has 1 saturated carbocycles. The van der Waals surface area contributed by atoms with Gasteiger partial charge in [0, 0.05) is 39.6 Å². The smallest absolute Gasteiger partial charge is 0.231 e. The Balaban J connectivity index is 1.46. The van der Waals surface area contributed by atoms with Crippen LogP contribution in [0, 0.1) is 5.92 Å². The summed E-state index contributed by atoms with van der Waals surface area (Å²) >= 11 is 31.1. The SMILES string of the molecule is O=C(CNc1ncccn1)c1cc(NC(=O)C2C(c3cc(Cl)cc(Cl)c3)C2(Cl)Cl)ccc1Cl. The fraction of sp³-hybridized carbons (Fsp3) is 0.182. The number of amides is 1. The molecule has 0 radical (unpaired) electrons. The highest BCUT2D eigenvalue weighted by Gasteiger charge is 2.67. The Bertz CT molecular complexity index is 1200. The minimum Gasteiger partial charge on any atom is -0.347 e. The van der Waals surface area contributed by atoms with Gasteiger partial charge >= 0.3 is 0 Å². The van der Waals surface area contributed by atoms with Crippen LogP contribution >= 0.6 is 58.0 Å². The predicted octanol–water partition coefficient (Wildman–Crippen LogP) is 6.26. The number of hydrogen-bond donors (Lipinski definition) is 2. The zero-order valence-corrected chi connectivity index (χ0v) is 20.4. The van der Waals surface area contributed by atoms with Gasteiger partial charge in [-0.1, -0.05) is 34.8 Å². The van der Waals surface area contributed by atoms with Crippen LogP contribution in [-0.4, -0.2) is 32.5 Å². The van der Waals surface area contributed by atoms with E-state index in [1.807, 2.05) is 0 Å². The normalized spacial score (nSPS) is 18.5. The summed E-state index contributed by atoms with van der Waals surface area (Å²) in [7, 11) is 0. The molecule has 4 rings (SSSR count). The molecule has 3 aromatic rings. The van der Waals surface area contributed by atoms with Crippen LogP contribution < -0.4 is 10.6 Å². The Morgan fingerprint density at radius 3 is 2.30 bits per heavy atom. The molecule has 2 N–H and O–H groups in total. The first-order valence-electron chi connectivity index (χ1n) is 9.65. The first-order chi connectivity index (χ1) is 15.7. The zero-order chi connectivity index (χ0) is 23.8. The van der Waals surface area contributed by atoms with Crippen molar-refractivity contribution in [3.63, 3.8) is 0 Å². The number of aromatic nitrogens is 2. The number of nitrogens with zero attached hydrogens (tertiary/aromatic N) is 2. The third-order valence-corrected chi connectivity index (χ3v) is 6.79. The minimum atomic E-state index is -1.32. The van der Waals surface area contributed by atoms with Gasteiger partial charge < -0.3 is 10.6 Å². The Kier molecular flexibility index (Phi) is 7.03. The lowest BCUT2D eigenvalue weighted by molar-refractivity contribution is -0.117. The van der Waals surface area contributed by atoms with Gasteiger partial charge in [-0.15, -0.1) is 23.2 Å². The number of rotatable bonds is 7. The molecular weight excluding hydrogens is 530 g/mol. The summed E-state index contributed by atoms with van der Waals surface area (Å²) in [5, 5.41) is 6.67. The summed E-state index contributed by atoms with van der Waals surface area (Å²) in [6, 6.07) is 11.2. The summed E-state index contributed by atoms with van der Waals surface area (Å²) in [5.74, 6) is -1.61. The van der Waals surface area contributed by atoms with Gasteiger partial charge in [-0.05, 0) is 48.0 Å². The van der Waals surface area contributed by atoms with Crippen LogP contribution in [0.1, 0.15) is 21.8 Å². The van der Waals surface area contributed by atoms with E-state index in [0.29, 0.717) is 27.2 Å². The number of Topliss-reactive ketones (excluding diaryl/α,β-unsaturated/α-hetero) is 1. The van der Waals surface area contributed by atoms with E-state index < -0.39 is 22.1 Å². The Morgan fingerprint density at radius 2 is 1.64 bits per heavy atom. The molecule has 0 bridgehead atoms. The third-order valence-electron chi connectivity index (χ3n) is 5.09. The lowest BCUT2D eigenvalue weighted by atomic mass is 10.1. The van der Waals surface area contributed by atoms with Crippen LogP contribution in [0.25, 0.3) is 0 Å². The number of halogens is 5. The summed E-state index contributed by atoms with van der Waals surface area (Å²) in [4.78, 5) is 33.6. The Morgan fingerprint density at radius 1 is 0.970 bits per heavy atom. The number of carbonyl (C=O) groups excluding carboxylic acids is 2. The predicted molar refractivity (Wildman–Crippen MR) is 132 cm³/mol. The van der Waals surface area contributed by atoms with Crippen LogP contribution in [-0.2, 0) is 4.79 Å². The van der Waals surface area contributed by atoms with Crippen LogP contribution in [0.5, 0.6) is 0 Å². The van der Waals surface area contributed by atoms with Gasteiger partial charge in [-0.25, -0.2) is 9.97 Å². The molecule has 1 amide bonds. The van der Waals surface area contributed by atoms with E-state index in [9.17, 15) is 9.59 Å². The molecule has 0 saturated heterocycles. The van der Waals surface area contributed by atoms with Gasteiger partial charge in [0.2, 0.25) is 11.9 Å². The molecule has 1 heterocycles. The highest BCUT2D eigenvalue weighted by atomic mass is 35.5. The molecule has 6 nitrogen and oxygen atoms in total. The van der Waals surface area contributed by atoms with Gasteiger partial charge in [0.25, 0.3) is 0 Å². The highest BCUT2D eigenvalue weighted by molar-refractivity contribution is 6.53. The molecule has 1 aliphatic rings. The van der Waals surface area contributed by atoms with Crippen LogP contribution in [0.3, 0.4) is 0 Å². The quantitative estimate of drug-likeness (QED) is 0.271. The molecule has 2 unspecified atom stereocenters. The van der Waals surface area contributed by atoms with E-state index in [4.69, 9.17) is 58.0 Å². The van der Waals surface area contributed by atoms with Gasteiger partial charge in [0.05, 0.1) is 17.5 Å². The van der Waals surface area contributed by atoms with Gasteiger partial charge in [-0.2, -0.15) is 0 Å². The second-order valence-corrected chi connectivity index (χ2v) is 10.1. The fourth-order valence-corrected chi connectivity index (χ4v) is 5.10. The Hall–Kier alpha value is -2.09. The topological polar surface area (TPSA) is 84.0 Å². The zero-order valence-electron chi connectivity index (χ0n) is 16.7. The second kappa shape index (κ2) is 9.65. The number of hydrogen-bond acceptors (Lipinski definition) is 5. The molecule has 2 aromatic carbocycles. The maximum atomic E-state index is 12.9. The monoisotopic (exact) mass is 542 g/mol. The maximum absolute atomic E-state index is 12.9. The standard InChI is InChI=1S/C22H15Cl5N4O2/c23-12-6-11(7-13(24)8-12)18-19(22(18,26)27)20(33)31-14-2-3-16(25)15(9-14)17(32)10-30-21-28-4-1-5-29-21/h1-9,18-19H,10H2,(H,31,33)(H,28,29,30). The molecule has 2 atom stereocenters. The fourth-order valence-electron chi connectivity index (χ4n) is 3.50. The molecule has 1 aliphatic carbocycles. The summed E-state index contributed by atoms with van der Waals surface area (Å²) in [6.45, 7) is -0.0756. The van der Waals surface area contributed by atoms with E-state index >= 15 is 0 Å². The van der Waals surface area contributed by atoms with Crippen molar-refractivity contribution in [1.29, 1.82) is 0 Å². The van der Waals surface area contributed by atoms with E-state index in [1.54, 1.807) is 42.7 Å². The first kappa shape index (κ1) is 24.0. The van der Waals surface area contributed by atoms with Crippen molar-refractivity contribution in [2.75, 3.05) is 17.2 Å². The van der Waals surface area contributed by atoms with Crippen LogP contribution in [0.4, 0.5) is 11.6 Å². The molecule has 170 valence electrons. The van der Waals surface area contributed by atoms with Crippen molar-refractivity contribution < 1.29 is 9.59 Å². The number of anilines is 2. The average molecular weight is 545 g/mol. The first-order valence-corrected chi connectivity index (χ1v) is 11.5. The number of benzene rings is 2. The van der Waals surface area contributed by atoms with E-state index in [1.165, 1.54) is 12.1 Å². The van der Waals surface area contributed by atoms with Crippen molar-refractivity contribution in [3.8, 4) is 0 Å². The van der Waals surface area contributed by atoms with Gasteiger partial charge in [0.1, 0.15) is 4.33 Å². The number of nitrogens with one attached hydrogen (secondary N) is 2. The van der Waals surface area contributed by atoms with Crippen molar-refractivity contribution in [2.45, 2.75) is 10.3 Å². The van der Waals surface area contributed by atoms with Crippen LogP contribution in [0.2, 0.25) is 15.1 Å². The molecule has 0 spiro atoms. The summed E-state index contributed by atoms with van der Waals surface area (Å²) in [5.41, 5.74) is 1.27. The van der Waals surface area contributed by atoms with Crippen molar-refractivity contribution in [3.05, 3.63) is 81.1 Å². The van der Waals surface area contributed by atoms with E-state index in [-0.39, 0.29) is 22.9 Å². The van der Waals surface area contributed by atoms with Gasteiger partial charge in [-0.3, -0.25) is 9.59 Å². The van der Waals surface area contributed by atoms with E-state index in [0.717, 1.165) is 0 Å². The molecule has 1 aromatic heterocycles. The lowest BCUT2D eigenvalue weighted by Gasteiger charge is -2.10. The summed E-state index contributed by atoms with van der Waals surface area (Å²) in [6.07, 6.45) is 3.11. The average Bonchev–Trinajstić information content (AvgIpc) is 3.35. The largest absolute Gasteiger partial charge is 0.347 e. The molecule has 1 fully saturated rings. The number of alkyl halides is 2. The number of carbonyl (C=O) groups is 2. The maximum Gasteiger partial charge on any atom is 0.231 e. The minimum absolute atomic E-state index is 0.0756. The van der Waals surface area contributed by atoms with Gasteiger partial charge in [0.15, 0.2) is 5.78 Å². The second-order valence-electron chi connectivity index (χ2n) is 7.37. The lowest BCUT2D eigenvalue weighted by Crippen LogP contribution is -2.19. The van der Waals surface area contributed by atoms with Crippen LogP contribution in [0.15, 0.2) is 54.9 Å². The third kappa shape index (κ3) is 5.36. The summed E-state index contributed by atoms with van der Waals surface area (Å²) < 4.78 is -1.32. The number of ketones is 1. The molecular formula is C22H15Cl5N4O2. The Labute approximate surface area is 214 Å². The molecule has 33 heavy (non-hydrogen) atoms. The molecule has 11 heteroatoms. The van der Waals surface area contributed by atoms with Crippen molar-refractivity contribution in [2.24, 2.45) is 5.92 Å². The highest BCUT2D eigenvalue weighted by Crippen LogP contribution is 2.65. The van der Waals surface area contributed by atoms with E-state index in [2.05, 4.69) is 20.6 Å². The van der Waals surface area contributed by atoms with Crippen molar-refractivity contribution in [1.82, 2.24) is 9.97 Å².